The zero-order valence-electron chi connectivity index (χ0n) is 28.7. The van der Waals surface area contributed by atoms with Gasteiger partial charge in [-0.15, -0.1) is 11.3 Å². The topological polar surface area (TPSA) is 169 Å². The van der Waals surface area contributed by atoms with E-state index in [9.17, 15) is 23.1 Å². The zero-order valence-corrected chi connectivity index (χ0v) is 30.4. The minimum absolute atomic E-state index is 0.0332. The van der Waals surface area contributed by atoms with Gasteiger partial charge in [0.2, 0.25) is 15.9 Å². The highest BCUT2D eigenvalue weighted by Gasteiger charge is 2.40. The Balaban J connectivity index is 1.40. The fourth-order valence-corrected chi connectivity index (χ4v) is 8.14. The number of oxime groups is 1. The molecule has 15 heteroatoms. The lowest BCUT2D eigenvalue weighted by Gasteiger charge is -2.34. The van der Waals surface area contributed by atoms with E-state index < -0.39 is 34.1 Å². The molecule has 0 bridgehead atoms. The third kappa shape index (κ3) is 9.55. The maximum atomic E-state index is 14.2. The van der Waals surface area contributed by atoms with Crippen molar-refractivity contribution >= 4 is 39.5 Å². The van der Waals surface area contributed by atoms with Gasteiger partial charge < -0.3 is 25.4 Å². The van der Waals surface area contributed by atoms with Crippen LogP contribution < -0.4 is 5.32 Å². The predicted octanol–water partition coefficient (Wildman–Crippen LogP) is 3.90. The standard InChI is InChI=1S/C36H43N7O6S2/c1-25(2)34(43-18-17-41(36(43)46)21-30-24-50-26(3)39-30)35(45)40-32(19-27-9-5-4-6-10-27)33(44)23-42(22-29-11-7-8-16-37-29)51(48,49)31-14-12-28(13-15-31)20-38-47/h4-16,20,24-25,32-34,44,47H,17-19,21-23H2,1-3H3,(H,40,45)/t32-,33+,34-/m0/s1. The van der Waals surface area contributed by atoms with Crippen molar-refractivity contribution in [1.82, 2.24) is 29.4 Å². The molecule has 51 heavy (non-hydrogen) atoms. The van der Waals surface area contributed by atoms with Crippen molar-refractivity contribution in [2.45, 2.75) is 63.4 Å². The van der Waals surface area contributed by atoms with Gasteiger partial charge in [0.15, 0.2) is 0 Å². The summed E-state index contributed by atoms with van der Waals surface area (Å²) in [5.41, 5.74) is 2.58. The number of benzene rings is 2. The second-order valence-electron chi connectivity index (χ2n) is 12.7. The molecule has 0 saturated carbocycles. The Morgan fingerprint density at radius 3 is 2.41 bits per heavy atom. The van der Waals surface area contributed by atoms with E-state index >= 15 is 0 Å². The van der Waals surface area contributed by atoms with E-state index in [0.717, 1.165) is 20.6 Å². The van der Waals surface area contributed by atoms with Crippen molar-refractivity contribution in [3.63, 3.8) is 0 Å². The van der Waals surface area contributed by atoms with Crippen molar-refractivity contribution in [2.75, 3.05) is 19.6 Å². The molecule has 270 valence electrons. The van der Waals surface area contributed by atoms with Gasteiger partial charge in [-0.2, -0.15) is 4.31 Å². The summed E-state index contributed by atoms with van der Waals surface area (Å²) < 4.78 is 29.3. The molecule has 3 amide bonds. The van der Waals surface area contributed by atoms with Gasteiger partial charge in [0.25, 0.3) is 0 Å². The number of aromatic nitrogens is 2. The van der Waals surface area contributed by atoms with E-state index in [1.165, 1.54) is 41.8 Å². The minimum Gasteiger partial charge on any atom is -0.411 e. The first-order valence-electron chi connectivity index (χ1n) is 16.6. The Kier molecular flexibility index (Phi) is 12.5. The Morgan fingerprint density at radius 1 is 1.06 bits per heavy atom. The fourth-order valence-electron chi connectivity index (χ4n) is 6.10. The number of pyridine rings is 1. The van der Waals surface area contributed by atoms with E-state index in [1.807, 2.05) is 56.5 Å². The van der Waals surface area contributed by atoms with Crippen LogP contribution in [0.15, 0.2) is 94.4 Å². The highest BCUT2D eigenvalue weighted by molar-refractivity contribution is 7.89. The molecule has 0 aliphatic carbocycles. The van der Waals surface area contributed by atoms with Crippen LogP contribution >= 0.6 is 11.3 Å². The van der Waals surface area contributed by atoms with Crippen LogP contribution in [0, 0.1) is 12.8 Å². The number of carbonyl (C=O) groups excluding carboxylic acids is 2. The molecular weight excluding hydrogens is 691 g/mol. The maximum absolute atomic E-state index is 14.2. The van der Waals surface area contributed by atoms with Crippen molar-refractivity contribution in [1.29, 1.82) is 0 Å². The number of aliphatic hydroxyl groups is 1. The maximum Gasteiger partial charge on any atom is 0.321 e. The lowest BCUT2D eigenvalue weighted by molar-refractivity contribution is -0.128. The minimum atomic E-state index is -4.19. The van der Waals surface area contributed by atoms with Crippen LogP contribution in [0.2, 0.25) is 0 Å². The number of thiazole rings is 1. The first kappa shape index (κ1) is 37.6. The molecule has 5 rings (SSSR count). The van der Waals surface area contributed by atoms with Gasteiger partial charge in [0.1, 0.15) is 6.04 Å². The van der Waals surface area contributed by atoms with Crippen LogP contribution in [0.5, 0.6) is 0 Å². The number of hydrogen-bond donors (Lipinski definition) is 3. The van der Waals surface area contributed by atoms with Crippen molar-refractivity contribution in [3.05, 3.63) is 112 Å². The smallest absolute Gasteiger partial charge is 0.321 e. The molecule has 13 nitrogen and oxygen atoms in total. The summed E-state index contributed by atoms with van der Waals surface area (Å²) >= 11 is 1.51. The molecule has 1 fully saturated rings. The summed E-state index contributed by atoms with van der Waals surface area (Å²) in [6, 6.07) is 18.2. The van der Waals surface area contributed by atoms with Crippen molar-refractivity contribution in [3.8, 4) is 0 Å². The summed E-state index contributed by atoms with van der Waals surface area (Å²) in [5.74, 6) is -0.699. The number of carbonyl (C=O) groups is 2. The van der Waals surface area contributed by atoms with E-state index in [-0.39, 0.29) is 36.4 Å². The summed E-state index contributed by atoms with van der Waals surface area (Å²) in [4.78, 5) is 39.8. The van der Waals surface area contributed by atoms with Gasteiger partial charge in [-0.1, -0.05) is 67.5 Å². The van der Waals surface area contributed by atoms with Crippen LogP contribution in [-0.2, 0) is 34.3 Å². The molecule has 4 aromatic rings. The average Bonchev–Trinajstić information content (AvgIpc) is 3.69. The number of hydrogen-bond acceptors (Lipinski definition) is 10. The monoisotopic (exact) mass is 733 g/mol. The Morgan fingerprint density at radius 2 is 1.78 bits per heavy atom. The van der Waals surface area contributed by atoms with Gasteiger partial charge in [0.05, 0.1) is 52.7 Å². The summed E-state index contributed by atoms with van der Waals surface area (Å²) in [6.45, 7) is 6.27. The highest BCUT2D eigenvalue weighted by atomic mass is 32.2. The number of rotatable bonds is 16. The third-order valence-electron chi connectivity index (χ3n) is 8.65. The largest absolute Gasteiger partial charge is 0.411 e. The number of aliphatic hydroxyl groups excluding tert-OH is 1. The molecule has 1 aliphatic heterocycles. The molecule has 3 N–H and O–H groups in total. The Labute approximate surface area is 302 Å². The van der Waals surface area contributed by atoms with Gasteiger partial charge in [-0.3, -0.25) is 9.78 Å². The van der Waals surface area contributed by atoms with Gasteiger partial charge in [-0.25, -0.2) is 18.2 Å². The normalized spacial score (nSPS) is 15.5. The average molecular weight is 734 g/mol. The molecular formula is C36H43N7O6S2. The summed E-state index contributed by atoms with van der Waals surface area (Å²) in [5, 5.41) is 29.6. The van der Waals surface area contributed by atoms with Gasteiger partial charge >= 0.3 is 6.03 Å². The lowest BCUT2D eigenvalue weighted by Crippen LogP contribution is -2.57. The quantitative estimate of drug-likeness (QED) is 0.0886. The Bertz CT molecular complexity index is 1890. The number of aryl methyl sites for hydroxylation is 1. The van der Waals surface area contributed by atoms with Crippen LogP contribution in [0.25, 0.3) is 0 Å². The number of sulfonamides is 1. The third-order valence-corrected chi connectivity index (χ3v) is 11.3. The fraction of sp³-hybridized carbons (Fsp3) is 0.361. The molecule has 1 aliphatic rings. The van der Waals surface area contributed by atoms with Gasteiger partial charge in [0, 0.05) is 31.2 Å². The van der Waals surface area contributed by atoms with Crippen molar-refractivity contribution in [2.24, 2.45) is 11.1 Å². The highest BCUT2D eigenvalue weighted by Crippen LogP contribution is 2.23. The summed E-state index contributed by atoms with van der Waals surface area (Å²) in [6.07, 6.45) is 1.58. The number of nitrogens with one attached hydrogen (secondary N) is 1. The second kappa shape index (κ2) is 17.0. The van der Waals surface area contributed by atoms with Gasteiger partial charge in [-0.05, 0) is 54.7 Å². The summed E-state index contributed by atoms with van der Waals surface area (Å²) in [7, 11) is -4.19. The second-order valence-corrected chi connectivity index (χ2v) is 15.7. The number of amides is 3. The molecule has 3 heterocycles. The lowest BCUT2D eigenvalue weighted by atomic mass is 9.98. The predicted molar refractivity (Wildman–Crippen MR) is 194 cm³/mol. The molecule has 1 saturated heterocycles. The molecule has 2 aromatic carbocycles. The molecule has 0 radical (unpaired) electrons. The SMILES string of the molecule is Cc1nc(CN2CCN([C@H](C(=O)N[C@@H](Cc3ccccc3)[C@H](O)CN(Cc3ccccn3)S(=O)(=O)c3ccc(C=NO)cc3)C(C)C)C2=O)cs1. The van der Waals surface area contributed by atoms with Crippen molar-refractivity contribution < 1.29 is 28.3 Å². The van der Waals surface area contributed by atoms with Crippen LogP contribution in [0.3, 0.4) is 0 Å². The van der Waals surface area contributed by atoms with E-state index in [2.05, 4.69) is 20.4 Å². The molecule has 0 spiro atoms. The van der Waals surface area contributed by atoms with Crippen LogP contribution in [0.4, 0.5) is 4.79 Å². The first-order chi connectivity index (χ1) is 24.5. The molecule has 0 unspecified atom stereocenters. The zero-order chi connectivity index (χ0) is 36.5. The molecule has 3 atom stereocenters. The number of urea groups is 1. The first-order valence-corrected chi connectivity index (χ1v) is 18.9. The van der Waals surface area contributed by atoms with E-state index in [0.29, 0.717) is 30.9 Å². The Hall–Kier alpha value is -4.70. The van der Waals surface area contributed by atoms with Crippen LogP contribution in [-0.4, -0.2) is 98.8 Å². The van der Waals surface area contributed by atoms with E-state index in [4.69, 9.17) is 5.21 Å². The molecule has 2 aromatic heterocycles. The van der Waals surface area contributed by atoms with E-state index in [1.54, 1.807) is 34.2 Å². The van der Waals surface area contributed by atoms with Crippen LogP contribution in [0.1, 0.15) is 41.4 Å². The number of nitrogens with zero attached hydrogens (tertiary/aromatic N) is 6.